The van der Waals surface area contributed by atoms with Crippen LogP contribution in [-0.4, -0.2) is 20.8 Å². The predicted molar refractivity (Wildman–Crippen MR) is 328 cm³/mol. The van der Waals surface area contributed by atoms with E-state index in [0.717, 1.165) is 61.6 Å². The summed E-state index contributed by atoms with van der Waals surface area (Å²) in [6.07, 6.45) is 2.08. The first kappa shape index (κ1) is 48.8. The molecule has 1 aliphatic heterocycles. The molecule has 6 heteroatoms. The summed E-state index contributed by atoms with van der Waals surface area (Å²) in [7, 11) is 0. The van der Waals surface area contributed by atoms with Crippen molar-refractivity contribution in [3.05, 3.63) is 235 Å². The van der Waals surface area contributed by atoms with Crippen LogP contribution >= 0.6 is 0 Å². The van der Waals surface area contributed by atoms with E-state index >= 15 is 0 Å². The largest absolute Gasteiger partial charge is 0.457 e. The molecule has 0 spiro atoms. The van der Waals surface area contributed by atoms with Crippen molar-refractivity contribution in [2.45, 2.75) is 78.6 Å². The number of benzene rings is 9. The minimum atomic E-state index is -0.199. The summed E-state index contributed by atoms with van der Waals surface area (Å²) in [6, 6.07) is 77.0. The average Bonchev–Trinajstić information content (AvgIpc) is 4.26. The summed E-state index contributed by atoms with van der Waals surface area (Å²) >= 11 is 0. The van der Waals surface area contributed by atoms with Gasteiger partial charge in [0.15, 0.2) is 0 Å². The van der Waals surface area contributed by atoms with E-state index in [1.54, 1.807) is 0 Å². The van der Waals surface area contributed by atoms with Crippen molar-refractivity contribution in [1.29, 1.82) is 0 Å². The minimum absolute atomic E-state index is 0.00435. The van der Waals surface area contributed by atoms with Gasteiger partial charge in [-0.15, -0.1) is 0 Å². The van der Waals surface area contributed by atoms with Crippen molar-refractivity contribution < 1.29 is 4.74 Å². The summed E-state index contributed by atoms with van der Waals surface area (Å²) in [4.78, 5) is 10.2. The van der Waals surface area contributed by atoms with Crippen molar-refractivity contribution in [2.75, 3.05) is 16.5 Å². The molecule has 0 N–H and O–H groups in total. The SMILES string of the molecule is CC(C)(C)c1cc(N2CN(c3cccc(Oc4ccc5c6cc(-c7ccccc7)ccc6n(-c6cc(C(C)(C)C)c(-c7ccc(-n8c9ccccc9c9ccccc98)cc7)cn6)c5c4)c3)c3ccccc32)cc(C(C)(C)C)c1. The second-order valence-corrected chi connectivity index (χ2v) is 24.2. The fraction of sp³-hybridized carbons (Fsp3) is 0.181. The topological polar surface area (TPSA) is 38.5 Å². The quantitative estimate of drug-likeness (QED) is 0.152. The van der Waals surface area contributed by atoms with Crippen molar-refractivity contribution in [1.82, 2.24) is 14.1 Å². The van der Waals surface area contributed by atoms with Crippen LogP contribution in [0.25, 0.3) is 77.4 Å². The summed E-state index contributed by atoms with van der Waals surface area (Å²) in [5.41, 5.74) is 18.6. The highest BCUT2D eigenvalue weighted by atomic mass is 16.5. The van der Waals surface area contributed by atoms with Gasteiger partial charge in [0.2, 0.25) is 0 Å². The number of fused-ring (bicyclic) bond motifs is 7. The van der Waals surface area contributed by atoms with Gasteiger partial charge in [-0.1, -0.05) is 172 Å². The van der Waals surface area contributed by atoms with Crippen molar-refractivity contribution in [3.63, 3.8) is 0 Å². The normalized spacial score (nSPS) is 13.1. The molecule has 1 aliphatic rings. The summed E-state index contributed by atoms with van der Waals surface area (Å²) < 4.78 is 11.6. The Balaban J connectivity index is 0.878. The number of pyridine rings is 1. The van der Waals surface area contributed by atoms with Crippen molar-refractivity contribution in [2.24, 2.45) is 0 Å². The van der Waals surface area contributed by atoms with Gasteiger partial charge in [-0.25, -0.2) is 4.98 Å². The van der Waals surface area contributed by atoms with E-state index in [4.69, 9.17) is 9.72 Å². The van der Waals surface area contributed by atoms with Crippen molar-refractivity contribution in [3.8, 4) is 45.3 Å². The zero-order chi connectivity index (χ0) is 53.7. The molecule has 9 aromatic carbocycles. The summed E-state index contributed by atoms with van der Waals surface area (Å²) in [5.74, 6) is 2.38. The number of hydrogen-bond donors (Lipinski definition) is 0. The highest BCUT2D eigenvalue weighted by Gasteiger charge is 2.31. The molecule has 4 heterocycles. The third kappa shape index (κ3) is 8.57. The molecule has 13 rings (SSSR count). The second-order valence-electron chi connectivity index (χ2n) is 24.2. The Morgan fingerprint density at radius 1 is 0.372 bits per heavy atom. The lowest BCUT2D eigenvalue weighted by atomic mass is 9.80. The van der Waals surface area contributed by atoms with Crippen LogP contribution in [0.1, 0.15) is 79.0 Å². The third-order valence-corrected chi connectivity index (χ3v) is 15.9. The van der Waals surface area contributed by atoms with Gasteiger partial charge < -0.3 is 19.1 Å². The van der Waals surface area contributed by atoms with Crippen LogP contribution in [-0.2, 0) is 16.2 Å². The zero-order valence-electron chi connectivity index (χ0n) is 46.1. The lowest BCUT2D eigenvalue weighted by molar-refractivity contribution is 0.483. The monoisotopic (exact) mass is 1020 g/mol. The maximum atomic E-state index is 6.94. The Morgan fingerprint density at radius 3 is 1.60 bits per heavy atom. The number of ether oxygens (including phenoxy) is 1. The van der Waals surface area contributed by atoms with E-state index in [0.29, 0.717) is 6.67 Å². The van der Waals surface area contributed by atoms with Gasteiger partial charge in [0.25, 0.3) is 0 Å². The molecule has 0 aliphatic carbocycles. The van der Waals surface area contributed by atoms with E-state index in [1.807, 2.05) is 0 Å². The first-order valence-electron chi connectivity index (χ1n) is 27.4. The van der Waals surface area contributed by atoms with E-state index in [2.05, 4.69) is 300 Å². The number of nitrogens with zero attached hydrogens (tertiary/aromatic N) is 5. The fourth-order valence-electron chi connectivity index (χ4n) is 11.7. The molecule has 6 nitrogen and oxygen atoms in total. The maximum absolute atomic E-state index is 6.94. The Bertz CT molecular complexity index is 4190. The molecule has 0 saturated heterocycles. The Kier molecular flexibility index (Phi) is 11.5. The molecule has 0 saturated carbocycles. The summed E-state index contributed by atoms with van der Waals surface area (Å²) in [6.45, 7) is 21.4. The van der Waals surface area contributed by atoms with Gasteiger partial charge in [-0.2, -0.15) is 0 Å². The number of rotatable bonds is 8. The van der Waals surface area contributed by atoms with Gasteiger partial charge in [0, 0.05) is 62.5 Å². The molecule has 12 aromatic rings. The number of para-hydroxylation sites is 4. The van der Waals surface area contributed by atoms with Gasteiger partial charge in [0.05, 0.1) is 33.4 Å². The van der Waals surface area contributed by atoms with Crippen LogP contribution < -0.4 is 14.5 Å². The predicted octanol–water partition coefficient (Wildman–Crippen LogP) is 19.5. The molecular weight excluding hydrogens is 951 g/mol. The Morgan fingerprint density at radius 2 is 0.949 bits per heavy atom. The van der Waals surface area contributed by atoms with Crippen LogP contribution in [0.15, 0.2) is 219 Å². The molecular formula is C72H65N5O. The average molecular weight is 1020 g/mol. The maximum Gasteiger partial charge on any atom is 0.137 e. The van der Waals surface area contributed by atoms with E-state index in [9.17, 15) is 0 Å². The number of anilines is 4. The van der Waals surface area contributed by atoms with E-state index in [1.165, 1.54) is 66.7 Å². The van der Waals surface area contributed by atoms with Crippen molar-refractivity contribution >= 4 is 66.4 Å². The molecule has 384 valence electrons. The molecule has 0 amide bonds. The molecule has 0 bridgehead atoms. The Labute approximate surface area is 458 Å². The van der Waals surface area contributed by atoms with Crippen LogP contribution in [0.5, 0.6) is 11.5 Å². The van der Waals surface area contributed by atoms with Gasteiger partial charge >= 0.3 is 0 Å². The van der Waals surface area contributed by atoms with Crippen LogP contribution in [0.4, 0.5) is 22.7 Å². The molecule has 0 radical (unpaired) electrons. The molecule has 0 unspecified atom stereocenters. The second kappa shape index (κ2) is 18.4. The van der Waals surface area contributed by atoms with Gasteiger partial charge in [-0.3, -0.25) is 4.57 Å². The van der Waals surface area contributed by atoms with E-state index < -0.39 is 0 Å². The van der Waals surface area contributed by atoms with Crippen LogP contribution in [0.2, 0.25) is 0 Å². The third-order valence-electron chi connectivity index (χ3n) is 15.9. The van der Waals surface area contributed by atoms with Gasteiger partial charge in [-0.05, 0) is 141 Å². The molecule has 78 heavy (non-hydrogen) atoms. The smallest absolute Gasteiger partial charge is 0.137 e. The fourth-order valence-corrected chi connectivity index (χ4v) is 11.7. The molecule has 3 aromatic heterocycles. The molecule has 0 atom stereocenters. The van der Waals surface area contributed by atoms with E-state index in [-0.39, 0.29) is 16.2 Å². The number of hydrogen-bond acceptors (Lipinski definition) is 4. The van der Waals surface area contributed by atoms with Crippen LogP contribution in [0.3, 0.4) is 0 Å². The lowest BCUT2D eigenvalue weighted by Crippen LogP contribution is -2.25. The first-order chi connectivity index (χ1) is 37.5. The summed E-state index contributed by atoms with van der Waals surface area (Å²) in [5, 5.41) is 4.80. The van der Waals surface area contributed by atoms with Gasteiger partial charge in [0.1, 0.15) is 24.0 Å². The first-order valence-corrected chi connectivity index (χ1v) is 27.4. The highest BCUT2D eigenvalue weighted by Crippen LogP contribution is 2.47. The Hall–Kier alpha value is -8.87. The minimum Gasteiger partial charge on any atom is -0.457 e. The number of aromatic nitrogens is 3. The molecule has 0 fully saturated rings. The highest BCUT2D eigenvalue weighted by molar-refractivity contribution is 6.11. The lowest BCUT2D eigenvalue weighted by Gasteiger charge is -2.29. The van der Waals surface area contributed by atoms with Crippen LogP contribution in [0, 0.1) is 0 Å². The standard InChI is InChI=1S/C72H65N5O/c1-70(2,3)50-39-51(71(4,5)6)41-54(40-50)75-46-74(66-28-17-18-29-67(66)75)53-22-19-23-55(42-53)78-56-35-36-59-60-38-49(47-20-11-10-12-21-47)32-37-65(60)77(68(59)43-56)69-44-62(72(7,8)9)61(45-73-69)48-30-33-52(34-31-48)76-63-26-15-13-24-57(63)58-25-14-16-27-64(58)76/h10-45H,46H2,1-9H3. The zero-order valence-corrected chi connectivity index (χ0v) is 46.1.